The first-order valence-corrected chi connectivity index (χ1v) is 8.03. The number of halogens is 8. The van der Waals surface area contributed by atoms with Gasteiger partial charge in [-0.2, -0.15) is 36.7 Å². The van der Waals surface area contributed by atoms with Crippen LogP contribution in [0.1, 0.15) is 29.8 Å². The van der Waals surface area contributed by atoms with E-state index in [0.717, 1.165) is 0 Å². The lowest BCUT2D eigenvalue weighted by molar-refractivity contribution is -0.222. The molecule has 0 spiro atoms. The van der Waals surface area contributed by atoms with Crippen LogP contribution < -0.4 is 5.73 Å². The average molecular weight is 461 g/mol. The molecule has 14 heteroatoms. The van der Waals surface area contributed by atoms with Crippen molar-refractivity contribution >= 4 is 35.0 Å². The maximum atomic E-state index is 13.4. The molecule has 156 valence electrons. The number of anilines is 1. The summed E-state index contributed by atoms with van der Waals surface area (Å²) in [4.78, 5) is 11.1. The lowest BCUT2D eigenvalue weighted by Gasteiger charge is -2.20. The number of rotatable bonds is 3. The molecule has 0 fully saturated rings. The topological polar surface area (TPSA) is 93.9 Å². The molecule has 1 heterocycles. The van der Waals surface area contributed by atoms with Crippen LogP contribution in [0, 0.1) is 11.3 Å². The zero-order valence-electron chi connectivity index (χ0n) is 14.0. The summed E-state index contributed by atoms with van der Waals surface area (Å²) >= 11 is 11.6. The summed E-state index contributed by atoms with van der Waals surface area (Å²) in [5, 5.41) is 11.4. The molecule has 0 radical (unpaired) electrons. The Morgan fingerprint density at radius 2 is 1.76 bits per heavy atom. The van der Waals surface area contributed by atoms with E-state index in [1.54, 1.807) is 0 Å². The Labute approximate surface area is 168 Å². The number of carbonyl (C=O) groups excluding carboxylic acids is 1. The molecule has 0 aliphatic carbocycles. The Kier molecular flexibility index (Phi) is 5.97. The van der Waals surface area contributed by atoms with Crippen molar-refractivity contribution in [1.82, 2.24) is 9.78 Å². The molecule has 2 rings (SSSR count). The van der Waals surface area contributed by atoms with Gasteiger partial charge in [0, 0.05) is 6.92 Å². The second-order valence-corrected chi connectivity index (χ2v) is 6.30. The van der Waals surface area contributed by atoms with E-state index in [9.17, 15) is 31.1 Å². The highest BCUT2D eigenvalue weighted by molar-refractivity contribution is 6.38. The first-order chi connectivity index (χ1) is 13.2. The minimum atomic E-state index is -5.17. The van der Waals surface area contributed by atoms with E-state index in [0.29, 0.717) is 23.7 Å². The van der Waals surface area contributed by atoms with Crippen molar-refractivity contribution in [1.29, 1.82) is 5.26 Å². The molecule has 0 aliphatic rings. The number of benzene rings is 1. The molecule has 2 aromatic rings. The quantitative estimate of drug-likeness (QED) is 0.523. The third-order valence-corrected chi connectivity index (χ3v) is 4.04. The van der Waals surface area contributed by atoms with Crippen molar-refractivity contribution in [2.45, 2.75) is 25.4 Å². The van der Waals surface area contributed by atoms with Crippen molar-refractivity contribution in [3.8, 4) is 11.8 Å². The van der Waals surface area contributed by atoms with Crippen LogP contribution in [-0.4, -0.2) is 21.9 Å². The summed E-state index contributed by atoms with van der Waals surface area (Å²) in [5.41, 5.74) is 2.04. The van der Waals surface area contributed by atoms with Gasteiger partial charge in [-0.05, 0) is 12.1 Å². The lowest BCUT2D eigenvalue weighted by Crippen LogP contribution is -2.26. The number of hydrogen-bond donors (Lipinski definition) is 1. The van der Waals surface area contributed by atoms with Crippen molar-refractivity contribution in [2.75, 3.05) is 5.73 Å². The molecule has 1 unspecified atom stereocenters. The number of carbonyl (C=O) groups is 1. The minimum absolute atomic E-state index is 0.461. The molecular weight excluding hydrogens is 453 g/mol. The highest BCUT2D eigenvalue weighted by Gasteiger charge is 2.48. The second-order valence-electron chi connectivity index (χ2n) is 5.49. The van der Waals surface area contributed by atoms with Gasteiger partial charge in [0.25, 0.3) is 0 Å². The summed E-state index contributed by atoms with van der Waals surface area (Å²) in [7, 11) is 0. The van der Waals surface area contributed by atoms with Gasteiger partial charge in [0.05, 0.1) is 21.2 Å². The molecule has 1 aromatic heterocycles. The monoisotopic (exact) mass is 460 g/mol. The molecule has 0 amide bonds. The summed E-state index contributed by atoms with van der Waals surface area (Å²) in [6.07, 6.45) is -12.9. The third-order valence-electron chi connectivity index (χ3n) is 3.46. The summed E-state index contributed by atoms with van der Waals surface area (Å²) in [6.45, 7) is 0.703. The number of aromatic nitrogens is 2. The predicted molar refractivity (Wildman–Crippen MR) is 88.3 cm³/mol. The summed E-state index contributed by atoms with van der Waals surface area (Å²) in [5.74, 6) is -2.18. The van der Waals surface area contributed by atoms with Crippen LogP contribution in [0.15, 0.2) is 12.1 Å². The van der Waals surface area contributed by atoms with Crippen molar-refractivity contribution in [2.24, 2.45) is 0 Å². The van der Waals surface area contributed by atoms with E-state index in [-0.39, 0.29) is 0 Å². The smallest absolute Gasteiger partial charge is 0.430 e. The first kappa shape index (κ1) is 22.6. The number of esters is 1. The van der Waals surface area contributed by atoms with Gasteiger partial charge in [0.2, 0.25) is 6.10 Å². The predicted octanol–water partition coefficient (Wildman–Crippen LogP) is 4.82. The maximum Gasteiger partial charge on any atom is 0.430 e. The van der Waals surface area contributed by atoms with E-state index in [1.807, 2.05) is 0 Å². The number of hydrogen-bond acceptors (Lipinski definition) is 5. The van der Waals surface area contributed by atoms with Crippen molar-refractivity contribution in [3.05, 3.63) is 39.0 Å². The first-order valence-electron chi connectivity index (χ1n) is 7.27. The zero-order chi connectivity index (χ0) is 22.3. The number of nitriles is 1. The number of ether oxygens (including phenoxy) is 1. The van der Waals surface area contributed by atoms with Gasteiger partial charge in [0.1, 0.15) is 17.6 Å². The zero-order valence-corrected chi connectivity index (χ0v) is 15.5. The van der Waals surface area contributed by atoms with E-state index in [4.69, 9.17) is 34.2 Å². The van der Waals surface area contributed by atoms with Crippen LogP contribution in [0.3, 0.4) is 0 Å². The Bertz CT molecular complexity index is 987. The molecule has 0 aliphatic heterocycles. The van der Waals surface area contributed by atoms with E-state index >= 15 is 0 Å². The minimum Gasteiger partial charge on any atom is -0.448 e. The van der Waals surface area contributed by atoms with Crippen LogP contribution in [-0.2, 0) is 15.7 Å². The average Bonchev–Trinajstić information content (AvgIpc) is 2.86. The van der Waals surface area contributed by atoms with Crippen LogP contribution in [0.5, 0.6) is 0 Å². The molecule has 0 bridgehead atoms. The van der Waals surface area contributed by atoms with Gasteiger partial charge in [-0.15, -0.1) is 0 Å². The lowest BCUT2D eigenvalue weighted by atomic mass is 10.1. The molecular formula is C15H8Cl2F6N4O2. The fourth-order valence-electron chi connectivity index (χ4n) is 2.34. The summed E-state index contributed by atoms with van der Waals surface area (Å²) in [6, 6.07) is 2.28. The van der Waals surface area contributed by atoms with Gasteiger partial charge in [-0.3, -0.25) is 4.79 Å². The maximum absolute atomic E-state index is 13.4. The fourth-order valence-corrected chi connectivity index (χ4v) is 2.99. The molecule has 6 nitrogen and oxygen atoms in total. The molecule has 1 atom stereocenters. The van der Waals surface area contributed by atoms with E-state index < -0.39 is 62.8 Å². The van der Waals surface area contributed by atoms with Crippen molar-refractivity contribution in [3.63, 3.8) is 0 Å². The SMILES string of the molecule is CC(=O)OC(c1c(C#N)nn(-c2c(Cl)cc(C(F)(F)F)cc2Cl)c1N)C(F)(F)F. The van der Waals surface area contributed by atoms with E-state index in [2.05, 4.69) is 9.84 Å². The standard InChI is InChI=1S/C15H8Cl2F6N4O2/c1-5(28)29-12(15(21,22)23)10-9(4-24)26-27(13(10)25)11-7(16)2-6(3-8(11)17)14(18,19)20/h2-3,12H,25H2,1H3. The fraction of sp³-hybridized carbons (Fsp3) is 0.267. The van der Waals surface area contributed by atoms with Crippen molar-refractivity contribution < 1.29 is 35.9 Å². The number of nitrogens with two attached hydrogens (primary N) is 1. The number of nitrogens with zero attached hydrogens (tertiary/aromatic N) is 3. The molecule has 2 N–H and O–H groups in total. The molecule has 29 heavy (non-hydrogen) atoms. The van der Waals surface area contributed by atoms with Crippen LogP contribution >= 0.6 is 23.2 Å². The molecule has 1 aromatic carbocycles. The highest BCUT2D eigenvalue weighted by atomic mass is 35.5. The highest BCUT2D eigenvalue weighted by Crippen LogP contribution is 2.43. The Balaban J connectivity index is 2.76. The largest absolute Gasteiger partial charge is 0.448 e. The van der Waals surface area contributed by atoms with Crippen LogP contribution in [0.25, 0.3) is 5.69 Å². The number of alkyl halides is 6. The van der Waals surface area contributed by atoms with Crippen LogP contribution in [0.2, 0.25) is 10.0 Å². The second kappa shape index (κ2) is 7.64. The van der Waals surface area contributed by atoms with Gasteiger partial charge < -0.3 is 10.5 Å². The Morgan fingerprint density at radius 1 is 1.24 bits per heavy atom. The third kappa shape index (κ3) is 4.51. The van der Waals surface area contributed by atoms with E-state index in [1.165, 1.54) is 6.07 Å². The Morgan fingerprint density at radius 3 is 2.14 bits per heavy atom. The van der Waals surface area contributed by atoms with Crippen LogP contribution in [0.4, 0.5) is 32.2 Å². The van der Waals surface area contributed by atoms with Gasteiger partial charge in [-0.25, -0.2) is 4.68 Å². The van der Waals surface area contributed by atoms with Gasteiger partial charge in [0.15, 0.2) is 5.69 Å². The summed E-state index contributed by atoms with van der Waals surface area (Å²) < 4.78 is 83.4. The molecule has 0 saturated carbocycles. The normalized spacial score (nSPS) is 13.1. The number of nitrogen functional groups attached to an aromatic ring is 1. The Hall–Kier alpha value is -2.65. The van der Waals surface area contributed by atoms with Gasteiger partial charge in [-0.1, -0.05) is 23.2 Å². The van der Waals surface area contributed by atoms with Gasteiger partial charge >= 0.3 is 18.3 Å². The molecule has 0 saturated heterocycles.